The summed E-state index contributed by atoms with van der Waals surface area (Å²) >= 11 is 6.68. The molecule has 2 fully saturated rings. The van der Waals surface area contributed by atoms with Gasteiger partial charge >= 0.3 is 0 Å². The molecule has 3 aliphatic rings. The monoisotopic (exact) mass is 537 g/mol. The molecule has 1 spiro atoms. The lowest BCUT2D eigenvalue weighted by Gasteiger charge is -2.32. The van der Waals surface area contributed by atoms with Crippen LogP contribution in [0.2, 0.25) is 5.02 Å². The number of fused-ring (bicyclic) bond motifs is 4. The molecule has 10 heteroatoms. The van der Waals surface area contributed by atoms with Crippen molar-refractivity contribution in [1.29, 1.82) is 0 Å². The van der Waals surface area contributed by atoms with E-state index in [0.717, 1.165) is 6.42 Å². The van der Waals surface area contributed by atoms with Gasteiger partial charge in [-0.15, -0.1) is 0 Å². The van der Waals surface area contributed by atoms with Crippen LogP contribution in [0.1, 0.15) is 35.4 Å². The predicted molar refractivity (Wildman–Crippen MR) is 139 cm³/mol. The summed E-state index contributed by atoms with van der Waals surface area (Å²) in [4.78, 5) is 28.1. The Labute approximate surface area is 223 Å². The van der Waals surface area contributed by atoms with Gasteiger partial charge in [-0.05, 0) is 54.3 Å². The van der Waals surface area contributed by atoms with E-state index < -0.39 is 17.5 Å². The molecule has 1 N–H and O–H groups in total. The maximum Gasteiger partial charge on any atom is 0.256 e. The molecule has 6 rings (SSSR count). The number of carbonyl (C=O) groups is 1. The fraction of sp³-hybridized carbons (Fsp3) is 0.321. The fourth-order valence-electron chi connectivity index (χ4n) is 6.63. The quantitative estimate of drug-likeness (QED) is 0.346. The number of amides is 1. The highest BCUT2D eigenvalue weighted by atomic mass is 35.5. The number of benzene rings is 3. The van der Waals surface area contributed by atoms with E-state index in [0.29, 0.717) is 41.1 Å². The molecule has 3 aromatic rings. The van der Waals surface area contributed by atoms with Crippen LogP contribution in [-0.4, -0.2) is 41.5 Å². The summed E-state index contributed by atoms with van der Waals surface area (Å²) in [6.45, 7) is 0.636. The van der Waals surface area contributed by atoms with Crippen LogP contribution in [0, 0.1) is 15.9 Å². The van der Waals surface area contributed by atoms with Crippen molar-refractivity contribution in [3.63, 3.8) is 0 Å². The highest BCUT2D eigenvalue weighted by Gasteiger charge is 2.73. The summed E-state index contributed by atoms with van der Waals surface area (Å²) in [5.41, 5.74) is 1.04. The van der Waals surface area contributed by atoms with E-state index in [1.54, 1.807) is 48.5 Å². The van der Waals surface area contributed by atoms with Gasteiger partial charge in [-0.2, -0.15) is 0 Å². The molecule has 3 heterocycles. The lowest BCUT2D eigenvalue weighted by molar-refractivity contribution is -0.534. The topological polar surface area (TPSA) is 93.9 Å². The molecule has 0 unspecified atom stereocenters. The van der Waals surface area contributed by atoms with Crippen LogP contribution < -0.4 is 14.8 Å². The summed E-state index contributed by atoms with van der Waals surface area (Å²) < 4.78 is 25.1. The van der Waals surface area contributed by atoms with Crippen molar-refractivity contribution in [2.24, 2.45) is 0 Å². The zero-order valence-corrected chi connectivity index (χ0v) is 21.3. The molecule has 196 valence electrons. The van der Waals surface area contributed by atoms with Gasteiger partial charge in [-0.1, -0.05) is 41.9 Å². The van der Waals surface area contributed by atoms with Gasteiger partial charge in [0.25, 0.3) is 11.9 Å². The van der Waals surface area contributed by atoms with E-state index >= 15 is 0 Å². The number of para-hydroxylation sites is 1. The molecule has 0 aliphatic carbocycles. The van der Waals surface area contributed by atoms with Crippen LogP contribution in [0.15, 0.2) is 60.7 Å². The molecule has 3 aromatic carbocycles. The van der Waals surface area contributed by atoms with Crippen molar-refractivity contribution in [3.8, 4) is 11.5 Å². The smallest absolute Gasteiger partial charge is 0.256 e. The van der Waals surface area contributed by atoms with Gasteiger partial charge in [-0.3, -0.25) is 19.8 Å². The minimum Gasteiger partial charge on any atom is -0.493 e. The van der Waals surface area contributed by atoms with Crippen LogP contribution in [0.4, 0.5) is 10.1 Å². The minimum absolute atomic E-state index is 0.0601. The largest absolute Gasteiger partial charge is 0.493 e. The highest BCUT2D eigenvalue weighted by Crippen LogP contribution is 2.58. The molecule has 2 saturated heterocycles. The Kier molecular flexibility index (Phi) is 6.00. The van der Waals surface area contributed by atoms with Crippen molar-refractivity contribution >= 4 is 23.2 Å². The second-order valence-electron chi connectivity index (χ2n) is 9.88. The van der Waals surface area contributed by atoms with Crippen LogP contribution in [-0.2, 0) is 16.9 Å². The van der Waals surface area contributed by atoms with Crippen molar-refractivity contribution in [2.75, 3.05) is 19.0 Å². The highest BCUT2D eigenvalue weighted by molar-refractivity contribution is 6.32. The normalized spacial score (nSPS) is 25.8. The predicted octanol–water partition coefficient (Wildman–Crippen LogP) is 5.12. The Bertz CT molecular complexity index is 1450. The number of anilines is 1. The lowest BCUT2D eigenvalue weighted by Crippen LogP contribution is -2.55. The summed E-state index contributed by atoms with van der Waals surface area (Å²) in [5, 5.41) is 15.9. The van der Waals surface area contributed by atoms with Gasteiger partial charge in [0.15, 0.2) is 17.0 Å². The van der Waals surface area contributed by atoms with Crippen molar-refractivity contribution in [1.82, 2.24) is 4.90 Å². The number of methoxy groups -OCH3 is 1. The number of hydrogen-bond acceptors (Lipinski definition) is 6. The molecule has 8 nitrogen and oxygen atoms in total. The van der Waals surface area contributed by atoms with Crippen molar-refractivity contribution in [2.45, 2.75) is 43.0 Å². The number of nitrogens with zero attached hydrogens (tertiary/aromatic N) is 2. The lowest BCUT2D eigenvalue weighted by atomic mass is 9.77. The molecular formula is C28H25ClFN3O5. The number of carbonyl (C=O) groups excluding carboxylic acids is 1. The van der Waals surface area contributed by atoms with Gasteiger partial charge in [0.05, 0.1) is 18.1 Å². The Morgan fingerprint density at radius 3 is 2.79 bits per heavy atom. The molecule has 0 aromatic heterocycles. The second kappa shape index (κ2) is 9.25. The van der Waals surface area contributed by atoms with E-state index in [1.807, 2.05) is 4.90 Å². The number of nitrogens with one attached hydrogen (secondary N) is 1. The maximum absolute atomic E-state index is 13.6. The van der Waals surface area contributed by atoms with E-state index in [4.69, 9.17) is 21.1 Å². The first-order valence-electron chi connectivity index (χ1n) is 12.4. The van der Waals surface area contributed by atoms with E-state index in [2.05, 4.69) is 5.32 Å². The van der Waals surface area contributed by atoms with Crippen molar-refractivity contribution in [3.05, 3.63) is 98.3 Å². The molecule has 0 bridgehead atoms. The third kappa shape index (κ3) is 3.56. The van der Waals surface area contributed by atoms with E-state index in [-0.39, 0.29) is 40.1 Å². The van der Waals surface area contributed by atoms with Gasteiger partial charge in [0, 0.05) is 28.8 Å². The molecular weight excluding hydrogens is 513 g/mol. The standard InChI is InChI=1S/C28H25ClFN3O5/c1-37-23-14-17(13-20(29)25(23)38-15-16-6-4-7-18(30)12-16)24-22-10-5-11-32(22)28(26(24)33(35)36)19-8-2-3-9-21(19)31-27(28)34/h2-4,6-9,12-14,22,24,26H,5,10-11,15H2,1H3,(H,31,34)/t22-,24+,26+,28+/m0/s1. The van der Waals surface area contributed by atoms with Gasteiger partial charge in [0.2, 0.25) is 0 Å². The Morgan fingerprint density at radius 2 is 2.03 bits per heavy atom. The maximum atomic E-state index is 13.6. The zero-order valence-electron chi connectivity index (χ0n) is 20.5. The Balaban J connectivity index is 1.43. The van der Waals surface area contributed by atoms with Gasteiger partial charge < -0.3 is 14.8 Å². The van der Waals surface area contributed by atoms with Gasteiger partial charge in [-0.25, -0.2) is 4.39 Å². The third-order valence-corrected chi connectivity index (χ3v) is 8.28. The number of nitro groups is 1. The molecule has 1 amide bonds. The first-order chi connectivity index (χ1) is 18.4. The second-order valence-corrected chi connectivity index (χ2v) is 10.3. The van der Waals surface area contributed by atoms with Crippen LogP contribution >= 0.6 is 11.6 Å². The first-order valence-corrected chi connectivity index (χ1v) is 12.8. The third-order valence-electron chi connectivity index (χ3n) is 8.00. The van der Waals surface area contributed by atoms with Crippen molar-refractivity contribution < 1.29 is 23.6 Å². The first kappa shape index (κ1) is 24.6. The molecule has 0 saturated carbocycles. The number of ether oxygens (including phenoxy) is 2. The number of halogens is 2. The van der Waals surface area contributed by atoms with Crippen LogP contribution in [0.25, 0.3) is 0 Å². The van der Waals surface area contributed by atoms with Crippen LogP contribution in [0.5, 0.6) is 11.5 Å². The average molecular weight is 538 g/mol. The summed E-state index contributed by atoms with van der Waals surface area (Å²) in [7, 11) is 1.47. The molecule has 38 heavy (non-hydrogen) atoms. The summed E-state index contributed by atoms with van der Waals surface area (Å²) in [6.07, 6.45) is 1.53. The fourth-order valence-corrected chi connectivity index (χ4v) is 6.90. The SMILES string of the molecule is COc1cc([C@@H]2[C@@H]3CCCN3[C@@]3(C(=O)Nc4ccccc43)[C@@H]2[N+](=O)[O-])cc(Cl)c1OCc1cccc(F)c1. The summed E-state index contributed by atoms with van der Waals surface area (Å²) in [5.74, 6) is -0.789. The van der Waals surface area contributed by atoms with E-state index in [9.17, 15) is 19.3 Å². The Hall–Kier alpha value is -3.69. The minimum atomic E-state index is -1.42. The number of rotatable bonds is 6. The molecule has 4 atom stereocenters. The Morgan fingerprint density at radius 1 is 1.21 bits per heavy atom. The zero-order chi connectivity index (χ0) is 26.6. The van der Waals surface area contributed by atoms with Crippen LogP contribution in [0.3, 0.4) is 0 Å². The van der Waals surface area contributed by atoms with Gasteiger partial charge in [0.1, 0.15) is 12.4 Å². The van der Waals surface area contributed by atoms with E-state index in [1.165, 1.54) is 19.2 Å². The summed E-state index contributed by atoms with van der Waals surface area (Å²) in [6, 6.07) is 15.1. The average Bonchev–Trinajstić information content (AvgIpc) is 3.56. The molecule has 3 aliphatic heterocycles. The molecule has 0 radical (unpaired) electrons. The number of hydrogen-bond donors (Lipinski definition) is 1.